The van der Waals surface area contributed by atoms with Crippen molar-refractivity contribution in [2.45, 2.75) is 18.4 Å². The lowest BCUT2D eigenvalue weighted by Gasteiger charge is -2.32. The van der Waals surface area contributed by atoms with Crippen molar-refractivity contribution < 1.29 is 14.3 Å². The van der Waals surface area contributed by atoms with Gasteiger partial charge in [0.15, 0.2) is 0 Å². The van der Waals surface area contributed by atoms with Gasteiger partial charge in [-0.3, -0.25) is 4.79 Å². The van der Waals surface area contributed by atoms with E-state index in [9.17, 15) is 4.79 Å². The Hall–Kier alpha value is -0.380. The van der Waals surface area contributed by atoms with Crippen molar-refractivity contribution in [1.29, 1.82) is 0 Å². The third kappa shape index (κ3) is 3.10. The average molecular weight is 205 g/mol. The number of carbonyl (C=O) groups excluding carboxylic acids is 1. The fourth-order valence-corrected chi connectivity index (χ4v) is 1.44. The van der Waals surface area contributed by atoms with E-state index in [1.54, 1.807) is 13.2 Å². The monoisotopic (exact) mass is 204 g/mol. The summed E-state index contributed by atoms with van der Waals surface area (Å²) in [5, 5.41) is -0.470. The van der Waals surface area contributed by atoms with Gasteiger partial charge in [-0.15, -0.1) is 0 Å². The summed E-state index contributed by atoms with van der Waals surface area (Å²) in [5.41, 5.74) is -0.358. The number of hydrogen-bond donors (Lipinski definition) is 0. The quantitative estimate of drug-likeness (QED) is 0.516. The molecule has 4 heteroatoms. The number of hydrogen-bond acceptors (Lipinski definition) is 3. The molecule has 1 saturated heterocycles. The molecule has 0 aromatic rings. The van der Waals surface area contributed by atoms with Crippen LogP contribution in [0.3, 0.4) is 0 Å². The highest BCUT2D eigenvalue weighted by Gasteiger charge is 2.29. The van der Waals surface area contributed by atoms with Gasteiger partial charge in [-0.2, -0.15) is 0 Å². The highest BCUT2D eigenvalue weighted by atomic mass is 35.5. The van der Waals surface area contributed by atoms with Crippen molar-refractivity contribution >= 4 is 16.8 Å². The fraction of sp³-hybridized carbons (Fsp3) is 0.667. The lowest BCUT2D eigenvalue weighted by molar-refractivity contribution is -0.108. The van der Waals surface area contributed by atoms with Crippen LogP contribution in [0, 0.1) is 0 Å². The Morgan fingerprint density at radius 2 is 2.15 bits per heavy atom. The van der Waals surface area contributed by atoms with Crippen molar-refractivity contribution in [3.05, 3.63) is 12.2 Å². The normalized spacial score (nSPS) is 22.0. The molecule has 0 N–H and O–H groups in total. The second kappa shape index (κ2) is 4.74. The van der Waals surface area contributed by atoms with E-state index in [0.717, 1.165) is 12.8 Å². The average Bonchev–Trinajstić information content (AvgIpc) is 2.16. The number of ether oxygens (including phenoxy) is 2. The van der Waals surface area contributed by atoms with Gasteiger partial charge < -0.3 is 9.47 Å². The van der Waals surface area contributed by atoms with Gasteiger partial charge in [0.1, 0.15) is 0 Å². The van der Waals surface area contributed by atoms with E-state index in [-0.39, 0.29) is 5.60 Å². The Balaban J connectivity index is 2.62. The second-order valence-corrected chi connectivity index (χ2v) is 3.39. The summed E-state index contributed by atoms with van der Waals surface area (Å²) in [6.45, 7) is 1.32. The number of allylic oxidation sites excluding steroid dienone is 1. The minimum atomic E-state index is -0.470. The summed E-state index contributed by atoms with van der Waals surface area (Å²) in [7, 11) is 1.63. The van der Waals surface area contributed by atoms with Crippen LogP contribution in [-0.2, 0) is 14.3 Å². The molecule has 0 aromatic heterocycles. The smallest absolute Gasteiger partial charge is 0.244 e. The van der Waals surface area contributed by atoms with Gasteiger partial charge in [0.25, 0.3) is 0 Å². The molecule has 0 unspecified atom stereocenters. The maximum absolute atomic E-state index is 10.5. The molecule has 1 aliphatic heterocycles. The van der Waals surface area contributed by atoms with Gasteiger partial charge in [0.2, 0.25) is 5.24 Å². The van der Waals surface area contributed by atoms with Crippen LogP contribution in [0.2, 0.25) is 0 Å². The minimum absolute atomic E-state index is 0.358. The van der Waals surface area contributed by atoms with E-state index in [0.29, 0.717) is 13.2 Å². The van der Waals surface area contributed by atoms with Gasteiger partial charge in [-0.05, 0) is 23.8 Å². The molecule has 0 aliphatic carbocycles. The van der Waals surface area contributed by atoms with Crippen LogP contribution in [0.5, 0.6) is 0 Å². The van der Waals surface area contributed by atoms with E-state index in [1.807, 2.05) is 0 Å². The number of methoxy groups -OCH3 is 1. The molecule has 3 nitrogen and oxygen atoms in total. The highest BCUT2D eigenvalue weighted by Crippen LogP contribution is 2.25. The van der Waals surface area contributed by atoms with Crippen LogP contribution in [0.25, 0.3) is 0 Å². The van der Waals surface area contributed by atoms with Crippen molar-refractivity contribution in [2.75, 3.05) is 20.3 Å². The predicted octanol–water partition coefficient (Wildman–Crippen LogP) is 1.50. The first-order valence-electron chi connectivity index (χ1n) is 4.20. The lowest BCUT2D eigenvalue weighted by Crippen LogP contribution is -2.36. The molecule has 0 bridgehead atoms. The maximum Gasteiger partial charge on any atom is 0.244 e. The Labute approximate surface area is 82.7 Å². The van der Waals surface area contributed by atoms with Gasteiger partial charge in [0.05, 0.1) is 5.60 Å². The molecular weight excluding hydrogens is 192 g/mol. The topological polar surface area (TPSA) is 35.5 Å². The molecule has 1 rings (SSSR count). The van der Waals surface area contributed by atoms with E-state index < -0.39 is 5.24 Å². The maximum atomic E-state index is 10.5. The molecular formula is C9H13ClO3. The molecule has 1 fully saturated rings. The third-order valence-electron chi connectivity index (χ3n) is 2.26. The van der Waals surface area contributed by atoms with E-state index in [4.69, 9.17) is 21.1 Å². The highest BCUT2D eigenvalue weighted by molar-refractivity contribution is 6.66. The molecule has 0 amide bonds. The lowest BCUT2D eigenvalue weighted by atomic mass is 9.94. The van der Waals surface area contributed by atoms with Gasteiger partial charge in [0, 0.05) is 33.2 Å². The van der Waals surface area contributed by atoms with Crippen molar-refractivity contribution in [3.8, 4) is 0 Å². The second-order valence-electron chi connectivity index (χ2n) is 3.02. The van der Waals surface area contributed by atoms with Crippen LogP contribution in [0.15, 0.2) is 12.2 Å². The molecule has 0 radical (unpaired) electrons. The number of rotatable bonds is 3. The zero-order valence-electron chi connectivity index (χ0n) is 7.59. The van der Waals surface area contributed by atoms with Crippen LogP contribution in [0.1, 0.15) is 12.8 Å². The van der Waals surface area contributed by atoms with Crippen molar-refractivity contribution in [2.24, 2.45) is 0 Å². The Bertz CT molecular complexity index is 207. The Kier molecular flexibility index (Phi) is 3.90. The summed E-state index contributed by atoms with van der Waals surface area (Å²) in [6.07, 6.45) is 4.61. The summed E-state index contributed by atoms with van der Waals surface area (Å²) < 4.78 is 10.6. The zero-order valence-corrected chi connectivity index (χ0v) is 8.34. The summed E-state index contributed by atoms with van der Waals surface area (Å²) in [6, 6.07) is 0. The van der Waals surface area contributed by atoms with Crippen molar-refractivity contribution in [1.82, 2.24) is 0 Å². The minimum Gasteiger partial charge on any atom is -0.381 e. The van der Waals surface area contributed by atoms with Gasteiger partial charge in [-0.1, -0.05) is 0 Å². The molecule has 1 heterocycles. The van der Waals surface area contributed by atoms with Crippen molar-refractivity contribution in [3.63, 3.8) is 0 Å². The first-order chi connectivity index (χ1) is 6.18. The molecule has 0 aromatic carbocycles. The Morgan fingerprint density at radius 3 is 2.62 bits per heavy atom. The third-order valence-corrected chi connectivity index (χ3v) is 2.39. The molecule has 0 saturated carbocycles. The summed E-state index contributed by atoms with van der Waals surface area (Å²) in [4.78, 5) is 10.5. The number of halogens is 1. The molecule has 1 aliphatic rings. The molecule has 0 spiro atoms. The van der Waals surface area contributed by atoms with E-state index in [2.05, 4.69) is 0 Å². The predicted molar refractivity (Wildman–Crippen MR) is 49.8 cm³/mol. The molecule has 74 valence electrons. The van der Waals surface area contributed by atoms with E-state index >= 15 is 0 Å². The van der Waals surface area contributed by atoms with Crippen LogP contribution in [0.4, 0.5) is 0 Å². The summed E-state index contributed by atoms with van der Waals surface area (Å²) in [5.74, 6) is 0. The number of carbonyl (C=O) groups is 1. The van der Waals surface area contributed by atoms with Gasteiger partial charge >= 0.3 is 0 Å². The van der Waals surface area contributed by atoms with E-state index in [1.165, 1.54) is 6.08 Å². The van der Waals surface area contributed by atoms with Crippen LogP contribution in [-0.4, -0.2) is 31.2 Å². The largest absolute Gasteiger partial charge is 0.381 e. The molecule has 13 heavy (non-hydrogen) atoms. The SMILES string of the molecule is COC1(C=CC(=O)Cl)CCOCC1. The standard InChI is InChI=1S/C9H13ClO3/c1-12-9(3-2-8(10)11)4-6-13-7-5-9/h2-3H,4-7H2,1H3. The fourth-order valence-electron chi connectivity index (χ4n) is 1.37. The Morgan fingerprint density at radius 1 is 1.54 bits per heavy atom. The van der Waals surface area contributed by atoms with Crippen LogP contribution < -0.4 is 0 Å². The first kappa shape index (κ1) is 10.7. The van der Waals surface area contributed by atoms with Gasteiger partial charge in [-0.25, -0.2) is 0 Å². The molecule has 0 atom stereocenters. The first-order valence-corrected chi connectivity index (χ1v) is 4.58. The van der Waals surface area contributed by atoms with Crippen LogP contribution >= 0.6 is 11.6 Å². The summed E-state index contributed by atoms with van der Waals surface area (Å²) >= 11 is 5.20. The zero-order chi connectivity index (χ0) is 9.73.